The van der Waals surface area contributed by atoms with Crippen LogP contribution in [-0.4, -0.2) is 52.2 Å². The van der Waals surface area contributed by atoms with Crippen molar-refractivity contribution in [3.05, 3.63) is 23.5 Å². The summed E-state index contributed by atoms with van der Waals surface area (Å²) in [5.41, 5.74) is 1.74. The maximum absolute atomic E-state index is 11.3. The van der Waals surface area contributed by atoms with Crippen molar-refractivity contribution in [1.82, 2.24) is 9.88 Å². The summed E-state index contributed by atoms with van der Waals surface area (Å²) in [7, 11) is 3.30. The van der Waals surface area contributed by atoms with Crippen LogP contribution >= 0.6 is 0 Å². The van der Waals surface area contributed by atoms with Crippen LogP contribution in [0.3, 0.4) is 0 Å². The van der Waals surface area contributed by atoms with Crippen molar-refractivity contribution >= 4 is 18.0 Å². The third-order valence-corrected chi connectivity index (χ3v) is 2.52. The number of hydrogen-bond donors (Lipinski definition) is 2. The Labute approximate surface area is 134 Å². The Morgan fingerprint density at radius 1 is 1.13 bits per heavy atom. The second-order valence-corrected chi connectivity index (χ2v) is 4.80. The number of ether oxygens (including phenoxy) is 1. The monoisotopic (exact) mass is 326 g/mol. The van der Waals surface area contributed by atoms with E-state index in [2.05, 4.69) is 4.98 Å². The standard InChI is InChI=1S/C11H16N2O2.C4H6O4/c1-5-9-10(7-6-8(2)12-9)15-11(14)13(3)4;5-3(6)1-2-4(7)8/h6-7H,5H2,1-4H3;1-2H2,(H,5,6)(H,7,8). The van der Waals surface area contributed by atoms with Gasteiger partial charge in [-0.15, -0.1) is 0 Å². The molecule has 0 bridgehead atoms. The molecule has 0 radical (unpaired) electrons. The Kier molecular flexibility index (Phi) is 8.98. The molecule has 2 N–H and O–H groups in total. The van der Waals surface area contributed by atoms with E-state index in [1.165, 1.54) is 4.90 Å². The summed E-state index contributed by atoms with van der Waals surface area (Å²) in [6.45, 7) is 3.89. The summed E-state index contributed by atoms with van der Waals surface area (Å²) >= 11 is 0. The minimum Gasteiger partial charge on any atom is -0.481 e. The number of aromatic nitrogens is 1. The van der Waals surface area contributed by atoms with Crippen LogP contribution in [0.25, 0.3) is 0 Å². The van der Waals surface area contributed by atoms with Gasteiger partial charge in [0.25, 0.3) is 0 Å². The Bertz CT molecular complexity index is 543. The van der Waals surface area contributed by atoms with E-state index in [1.807, 2.05) is 19.9 Å². The average Bonchev–Trinajstić information content (AvgIpc) is 2.47. The van der Waals surface area contributed by atoms with Gasteiger partial charge in [-0.05, 0) is 25.5 Å². The van der Waals surface area contributed by atoms with Crippen LogP contribution in [0.5, 0.6) is 5.75 Å². The summed E-state index contributed by atoms with van der Waals surface area (Å²) in [6.07, 6.45) is -0.224. The van der Waals surface area contributed by atoms with Gasteiger partial charge >= 0.3 is 18.0 Å². The molecule has 0 aliphatic rings. The van der Waals surface area contributed by atoms with Crippen LogP contribution in [-0.2, 0) is 16.0 Å². The van der Waals surface area contributed by atoms with E-state index in [1.54, 1.807) is 20.2 Å². The molecule has 128 valence electrons. The van der Waals surface area contributed by atoms with Crippen LogP contribution in [0.4, 0.5) is 4.79 Å². The summed E-state index contributed by atoms with van der Waals surface area (Å²) in [5, 5.41) is 15.8. The molecule has 0 saturated carbocycles. The number of carboxylic acid groups (broad SMARTS) is 2. The number of rotatable bonds is 5. The fourth-order valence-electron chi connectivity index (χ4n) is 1.34. The predicted octanol–water partition coefficient (Wildman–Crippen LogP) is 1.95. The molecular formula is C15H22N2O6. The van der Waals surface area contributed by atoms with Crippen LogP contribution in [0.1, 0.15) is 31.2 Å². The van der Waals surface area contributed by atoms with Crippen molar-refractivity contribution in [3.8, 4) is 5.75 Å². The topological polar surface area (TPSA) is 117 Å². The Morgan fingerprint density at radius 3 is 2.04 bits per heavy atom. The Balaban J connectivity index is 0.000000515. The van der Waals surface area contributed by atoms with E-state index in [4.69, 9.17) is 14.9 Å². The lowest BCUT2D eigenvalue weighted by molar-refractivity contribution is -0.143. The van der Waals surface area contributed by atoms with Crippen molar-refractivity contribution < 1.29 is 29.3 Å². The molecule has 0 fully saturated rings. The van der Waals surface area contributed by atoms with Gasteiger partial charge in [0.05, 0.1) is 18.5 Å². The van der Waals surface area contributed by atoms with Gasteiger partial charge in [-0.25, -0.2) is 4.79 Å². The largest absolute Gasteiger partial charge is 0.481 e. The van der Waals surface area contributed by atoms with E-state index in [9.17, 15) is 14.4 Å². The van der Waals surface area contributed by atoms with Crippen molar-refractivity contribution in [3.63, 3.8) is 0 Å². The maximum atomic E-state index is 11.3. The first-order valence-electron chi connectivity index (χ1n) is 6.96. The van der Waals surface area contributed by atoms with Crippen LogP contribution in [0, 0.1) is 6.92 Å². The number of carboxylic acids is 2. The highest BCUT2D eigenvalue weighted by molar-refractivity contribution is 5.75. The van der Waals surface area contributed by atoms with Gasteiger partial charge in [-0.1, -0.05) is 6.92 Å². The van der Waals surface area contributed by atoms with Gasteiger partial charge in [0.1, 0.15) is 0 Å². The zero-order valence-corrected chi connectivity index (χ0v) is 13.7. The average molecular weight is 326 g/mol. The Hall–Kier alpha value is -2.64. The van der Waals surface area contributed by atoms with Gasteiger partial charge in [0.15, 0.2) is 5.75 Å². The number of amides is 1. The minimum atomic E-state index is -1.08. The van der Waals surface area contributed by atoms with Crippen molar-refractivity contribution in [2.75, 3.05) is 14.1 Å². The number of aliphatic carboxylic acids is 2. The summed E-state index contributed by atoms with van der Waals surface area (Å²) in [6, 6.07) is 3.61. The molecule has 23 heavy (non-hydrogen) atoms. The van der Waals surface area contributed by atoms with Crippen molar-refractivity contribution in [1.29, 1.82) is 0 Å². The van der Waals surface area contributed by atoms with Crippen LogP contribution < -0.4 is 4.74 Å². The second-order valence-electron chi connectivity index (χ2n) is 4.80. The lowest BCUT2D eigenvalue weighted by Crippen LogP contribution is -2.25. The molecule has 0 aliphatic carbocycles. The molecule has 0 aromatic carbocycles. The molecule has 0 aliphatic heterocycles. The zero-order valence-electron chi connectivity index (χ0n) is 13.7. The first kappa shape index (κ1) is 20.4. The fraction of sp³-hybridized carbons (Fsp3) is 0.467. The molecule has 1 aromatic heterocycles. The highest BCUT2D eigenvalue weighted by Gasteiger charge is 2.10. The highest BCUT2D eigenvalue weighted by Crippen LogP contribution is 2.17. The van der Waals surface area contributed by atoms with E-state index in [0.717, 1.165) is 17.8 Å². The number of nitrogens with zero attached hydrogens (tertiary/aromatic N) is 2. The van der Waals surface area contributed by atoms with Gasteiger partial charge in [0, 0.05) is 19.8 Å². The maximum Gasteiger partial charge on any atom is 0.414 e. The van der Waals surface area contributed by atoms with Gasteiger partial charge < -0.3 is 19.8 Å². The molecule has 0 spiro atoms. The summed E-state index contributed by atoms with van der Waals surface area (Å²) in [5.74, 6) is -1.61. The summed E-state index contributed by atoms with van der Waals surface area (Å²) in [4.78, 5) is 36.3. The number of carbonyl (C=O) groups excluding carboxylic acids is 1. The zero-order chi connectivity index (χ0) is 18.0. The number of aryl methyl sites for hydroxylation is 2. The smallest absolute Gasteiger partial charge is 0.414 e. The molecule has 1 aromatic rings. The SMILES string of the molecule is CCc1nc(C)ccc1OC(=O)N(C)C.O=C(O)CCC(=O)O. The molecule has 0 unspecified atom stereocenters. The lowest BCUT2D eigenvalue weighted by Gasteiger charge is -2.12. The van der Waals surface area contributed by atoms with Gasteiger partial charge in [-0.2, -0.15) is 0 Å². The van der Waals surface area contributed by atoms with E-state index in [0.29, 0.717) is 5.75 Å². The molecule has 1 amide bonds. The third-order valence-electron chi connectivity index (χ3n) is 2.52. The summed E-state index contributed by atoms with van der Waals surface area (Å²) < 4.78 is 5.18. The second kappa shape index (κ2) is 10.1. The molecular weight excluding hydrogens is 304 g/mol. The molecule has 0 atom stereocenters. The molecule has 1 heterocycles. The van der Waals surface area contributed by atoms with Crippen LogP contribution in [0.2, 0.25) is 0 Å². The number of hydrogen-bond acceptors (Lipinski definition) is 5. The number of pyridine rings is 1. The van der Waals surface area contributed by atoms with E-state index >= 15 is 0 Å². The molecule has 1 rings (SSSR count). The van der Waals surface area contributed by atoms with Gasteiger partial charge in [0.2, 0.25) is 0 Å². The fourth-order valence-corrected chi connectivity index (χ4v) is 1.34. The Morgan fingerprint density at radius 2 is 1.65 bits per heavy atom. The number of carbonyl (C=O) groups is 3. The van der Waals surface area contributed by atoms with Gasteiger partial charge in [-0.3, -0.25) is 14.6 Å². The third kappa shape index (κ3) is 9.07. The van der Waals surface area contributed by atoms with Crippen molar-refractivity contribution in [2.45, 2.75) is 33.1 Å². The molecule has 8 nitrogen and oxygen atoms in total. The normalized spacial score (nSPS) is 9.39. The predicted molar refractivity (Wildman–Crippen MR) is 82.6 cm³/mol. The van der Waals surface area contributed by atoms with Crippen LogP contribution in [0.15, 0.2) is 12.1 Å². The minimum absolute atomic E-state index is 0.296. The highest BCUT2D eigenvalue weighted by atomic mass is 16.6. The first-order chi connectivity index (χ1) is 10.7. The van der Waals surface area contributed by atoms with E-state index in [-0.39, 0.29) is 18.9 Å². The molecule has 8 heteroatoms. The molecule has 0 saturated heterocycles. The van der Waals surface area contributed by atoms with Crippen molar-refractivity contribution in [2.24, 2.45) is 0 Å². The quantitative estimate of drug-likeness (QED) is 0.849. The first-order valence-corrected chi connectivity index (χ1v) is 6.96. The lowest BCUT2D eigenvalue weighted by atomic mass is 10.2. The van der Waals surface area contributed by atoms with E-state index < -0.39 is 11.9 Å².